The summed E-state index contributed by atoms with van der Waals surface area (Å²) in [6.07, 6.45) is 2.40. The maximum Gasteiger partial charge on any atom is 0.414 e. The van der Waals surface area contributed by atoms with E-state index >= 15 is 0 Å². The Morgan fingerprint density at radius 1 is 1.04 bits per heavy atom. The summed E-state index contributed by atoms with van der Waals surface area (Å²) in [6, 6.07) is 7.61. The number of nitrogens with zero attached hydrogens (tertiary/aromatic N) is 3. The highest BCUT2D eigenvalue weighted by Gasteiger charge is 2.25. The number of nitro benzene ring substituents is 1. The van der Waals surface area contributed by atoms with Crippen molar-refractivity contribution in [2.45, 2.75) is 25.4 Å². The number of non-ortho nitro benzene ring substituents is 1. The van der Waals surface area contributed by atoms with E-state index in [-0.39, 0.29) is 10.6 Å². The summed E-state index contributed by atoms with van der Waals surface area (Å²) in [5.74, 6) is -3.65. The van der Waals surface area contributed by atoms with Crippen molar-refractivity contribution in [3.05, 3.63) is 39.9 Å². The van der Waals surface area contributed by atoms with Crippen LogP contribution in [0.15, 0.2) is 24.3 Å². The van der Waals surface area contributed by atoms with Crippen molar-refractivity contribution >= 4 is 17.6 Å². The van der Waals surface area contributed by atoms with Crippen LogP contribution in [-0.4, -0.2) is 82.3 Å². The van der Waals surface area contributed by atoms with E-state index in [0.29, 0.717) is 6.04 Å². The standard InChI is InChI=1S/C16H23N3O3.C2H2O4/c20-19(21)16-3-1-14(2-4-16)13-17-7-5-15(6-8-17)18-9-11-22-12-10-18;3-1(4)2(5)6/h1-4,15H,5-13H2;(H,3,4)(H,5,6). The molecule has 2 fully saturated rings. The number of rotatable bonds is 4. The van der Waals surface area contributed by atoms with E-state index in [4.69, 9.17) is 24.5 Å². The van der Waals surface area contributed by atoms with Crippen LogP contribution in [0.5, 0.6) is 0 Å². The highest BCUT2D eigenvalue weighted by atomic mass is 16.6. The maximum atomic E-state index is 10.7. The van der Waals surface area contributed by atoms with Gasteiger partial charge in [0.05, 0.1) is 18.1 Å². The number of aliphatic carboxylic acids is 2. The molecule has 2 heterocycles. The minimum absolute atomic E-state index is 0.162. The van der Waals surface area contributed by atoms with Gasteiger partial charge >= 0.3 is 11.9 Å². The molecule has 2 aliphatic rings. The topological polar surface area (TPSA) is 133 Å². The highest BCUT2D eigenvalue weighted by Crippen LogP contribution is 2.20. The second kappa shape index (κ2) is 10.7. The van der Waals surface area contributed by atoms with Crippen LogP contribution >= 0.6 is 0 Å². The van der Waals surface area contributed by atoms with Gasteiger partial charge in [0, 0.05) is 37.8 Å². The lowest BCUT2D eigenvalue weighted by Crippen LogP contribution is -2.48. The van der Waals surface area contributed by atoms with Gasteiger partial charge in [-0.3, -0.25) is 19.9 Å². The van der Waals surface area contributed by atoms with Crippen LogP contribution < -0.4 is 0 Å². The molecule has 0 aliphatic carbocycles. The third-order valence-corrected chi connectivity index (χ3v) is 4.86. The van der Waals surface area contributed by atoms with Gasteiger partial charge < -0.3 is 14.9 Å². The molecule has 10 nitrogen and oxygen atoms in total. The average molecular weight is 395 g/mol. The third kappa shape index (κ3) is 6.87. The predicted molar refractivity (Wildman–Crippen MR) is 99.1 cm³/mol. The number of nitro groups is 1. The van der Waals surface area contributed by atoms with Crippen LogP contribution in [0.25, 0.3) is 0 Å². The molecule has 10 heteroatoms. The Bertz CT molecular complexity index is 654. The summed E-state index contributed by atoms with van der Waals surface area (Å²) in [5, 5.41) is 25.5. The number of carbonyl (C=O) groups is 2. The summed E-state index contributed by atoms with van der Waals surface area (Å²) in [4.78, 5) is 33.5. The molecule has 0 unspecified atom stereocenters. The fourth-order valence-corrected chi connectivity index (χ4v) is 3.37. The van der Waals surface area contributed by atoms with E-state index in [1.54, 1.807) is 12.1 Å². The van der Waals surface area contributed by atoms with Gasteiger partial charge in [-0.25, -0.2) is 9.59 Å². The molecule has 2 aliphatic heterocycles. The highest BCUT2D eigenvalue weighted by molar-refractivity contribution is 6.27. The fraction of sp³-hybridized carbons (Fsp3) is 0.556. The number of benzene rings is 1. The van der Waals surface area contributed by atoms with Gasteiger partial charge in [-0.1, -0.05) is 12.1 Å². The number of ether oxygens (including phenoxy) is 1. The Morgan fingerprint density at radius 3 is 2.04 bits per heavy atom. The monoisotopic (exact) mass is 395 g/mol. The zero-order chi connectivity index (χ0) is 20.5. The fourth-order valence-electron chi connectivity index (χ4n) is 3.37. The van der Waals surface area contributed by atoms with Crippen molar-refractivity contribution < 1.29 is 29.5 Å². The van der Waals surface area contributed by atoms with Gasteiger partial charge in [0.25, 0.3) is 5.69 Å². The van der Waals surface area contributed by atoms with Gasteiger partial charge in [-0.15, -0.1) is 0 Å². The molecule has 0 atom stereocenters. The van der Waals surface area contributed by atoms with Gasteiger partial charge in [0.15, 0.2) is 0 Å². The Morgan fingerprint density at radius 2 is 1.57 bits per heavy atom. The van der Waals surface area contributed by atoms with Gasteiger partial charge in [0.1, 0.15) is 0 Å². The Hall–Kier alpha value is -2.56. The largest absolute Gasteiger partial charge is 0.473 e. The molecule has 0 saturated carbocycles. The second-order valence-electron chi connectivity index (χ2n) is 6.69. The van der Waals surface area contributed by atoms with Gasteiger partial charge in [0.2, 0.25) is 0 Å². The van der Waals surface area contributed by atoms with Gasteiger partial charge in [-0.05, 0) is 31.5 Å². The number of hydrogen-bond donors (Lipinski definition) is 2. The minimum Gasteiger partial charge on any atom is -0.473 e. The molecule has 1 aromatic carbocycles. The van der Waals surface area contributed by atoms with Crippen molar-refractivity contribution in [3.8, 4) is 0 Å². The summed E-state index contributed by atoms with van der Waals surface area (Å²) in [7, 11) is 0. The van der Waals surface area contributed by atoms with Crippen LogP contribution in [0, 0.1) is 10.1 Å². The van der Waals surface area contributed by atoms with Gasteiger partial charge in [-0.2, -0.15) is 0 Å². The lowest BCUT2D eigenvalue weighted by Gasteiger charge is -2.40. The van der Waals surface area contributed by atoms with Crippen molar-refractivity contribution in [2.24, 2.45) is 0 Å². The summed E-state index contributed by atoms with van der Waals surface area (Å²) >= 11 is 0. The Labute approximate surface area is 162 Å². The molecule has 0 aromatic heterocycles. The first-order chi connectivity index (χ1) is 13.4. The number of carboxylic acid groups (broad SMARTS) is 2. The maximum absolute atomic E-state index is 10.7. The van der Waals surface area contributed by atoms with Crippen LogP contribution in [0.1, 0.15) is 18.4 Å². The molecule has 0 radical (unpaired) electrons. The van der Waals surface area contributed by atoms with E-state index in [9.17, 15) is 10.1 Å². The zero-order valence-electron chi connectivity index (χ0n) is 15.5. The molecule has 1 aromatic rings. The zero-order valence-corrected chi connectivity index (χ0v) is 15.5. The van der Waals surface area contributed by atoms with Crippen molar-refractivity contribution in [2.75, 3.05) is 39.4 Å². The van der Waals surface area contributed by atoms with E-state index in [0.717, 1.165) is 51.5 Å². The predicted octanol–water partition coefficient (Wildman–Crippen LogP) is 1.05. The van der Waals surface area contributed by atoms with E-state index in [2.05, 4.69) is 9.80 Å². The first-order valence-electron chi connectivity index (χ1n) is 9.10. The smallest absolute Gasteiger partial charge is 0.414 e. The molecule has 28 heavy (non-hydrogen) atoms. The van der Waals surface area contributed by atoms with Crippen molar-refractivity contribution in [1.29, 1.82) is 0 Å². The molecule has 3 rings (SSSR count). The number of morpholine rings is 1. The molecule has 2 saturated heterocycles. The SMILES string of the molecule is O=C(O)C(=O)O.O=[N+]([O-])c1ccc(CN2CCC(N3CCOCC3)CC2)cc1. The average Bonchev–Trinajstić information content (AvgIpc) is 2.70. The summed E-state index contributed by atoms with van der Waals surface area (Å²) in [5.41, 5.74) is 1.31. The summed E-state index contributed by atoms with van der Waals surface area (Å²) < 4.78 is 5.42. The molecule has 0 bridgehead atoms. The Kier molecular flexibility index (Phi) is 8.30. The molecule has 0 spiro atoms. The number of carboxylic acids is 2. The Balaban J connectivity index is 0.000000409. The summed E-state index contributed by atoms with van der Waals surface area (Å²) in [6.45, 7) is 6.93. The minimum atomic E-state index is -1.82. The van der Waals surface area contributed by atoms with E-state index in [1.807, 2.05) is 12.1 Å². The van der Waals surface area contributed by atoms with Crippen LogP contribution in [0.3, 0.4) is 0 Å². The molecule has 154 valence electrons. The number of likely N-dealkylation sites (tertiary alicyclic amines) is 1. The molecule has 2 N–H and O–H groups in total. The molecular formula is C18H25N3O7. The van der Waals surface area contributed by atoms with E-state index < -0.39 is 11.9 Å². The van der Waals surface area contributed by atoms with Crippen LogP contribution in [0.2, 0.25) is 0 Å². The van der Waals surface area contributed by atoms with Crippen LogP contribution in [-0.2, 0) is 20.9 Å². The lowest BCUT2D eigenvalue weighted by atomic mass is 10.0. The quantitative estimate of drug-likeness (QED) is 0.436. The number of hydrogen-bond acceptors (Lipinski definition) is 7. The number of piperidine rings is 1. The first-order valence-corrected chi connectivity index (χ1v) is 9.10. The first kappa shape index (κ1) is 21.7. The van der Waals surface area contributed by atoms with Crippen LogP contribution in [0.4, 0.5) is 5.69 Å². The third-order valence-electron chi connectivity index (χ3n) is 4.86. The molecular weight excluding hydrogens is 370 g/mol. The second-order valence-corrected chi connectivity index (χ2v) is 6.69. The lowest BCUT2D eigenvalue weighted by molar-refractivity contribution is -0.384. The van der Waals surface area contributed by atoms with Crippen molar-refractivity contribution in [3.63, 3.8) is 0 Å². The molecule has 0 amide bonds. The van der Waals surface area contributed by atoms with E-state index in [1.165, 1.54) is 12.8 Å². The van der Waals surface area contributed by atoms with Crippen molar-refractivity contribution in [1.82, 2.24) is 9.80 Å². The normalized spacial score (nSPS) is 18.7.